The van der Waals surface area contributed by atoms with Gasteiger partial charge in [-0.15, -0.1) is 0 Å². The van der Waals surface area contributed by atoms with Crippen molar-refractivity contribution in [3.63, 3.8) is 0 Å². The Morgan fingerprint density at radius 1 is 0.333 bits per heavy atom. The van der Waals surface area contributed by atoms with E-state index in [2.05, 4.69) is 21.3 Å². The van der Waals surface area contributed by atoms with Gasteiger partial charge in [0.25, 0.3) is 0 Å². The van der Waals surface area contributed by atoms with E-state index in [0.29, 0.717) is 151 Å². The SMILES string of the molecule is O=C(Nc1ccccc1)Nc1ccc2c(c1)OCCOCCOCCOCCO2.O=C(Nc1ccccc1)Nc1ccc2c(c1)OCCOCCOCCOCCO2.[Cl-].[Na+]. The number of para-hydroxylation sites is 2. The minimum Gasteiger partial charge on any atom is -1.00 e. The number of carbonyl (C=O) groups excluding carboxylic acids is 2. The van der Waals surface area contributed by atoms with Crippen LogP contribution in [0.25, 0.3) is 0 Å². The minimum atomic E-state index is -0.342. The maximum atomic E-state index is 12.2. The Balaban J connectivity index is 0.000000310. The smallest absolute Gasteiger partial charge is 1.00 e. The molecule has 6 rings (SSSR count). The number of nitrogens with one attached hydrogen (secondary N) is 4. The zero-order chi connectivity index (χ0) is 40.3. The van der Waals surface area contributed by atoms with Gasteiger partial charge in [0, 0.05) is 34.9 Å². The van der Waals surface area contributed by atoms with Crippen molar-refractivity contribution in [3.05, 3.63) is 97.1 Å². The van der Waals surface area contributed by atoms with Gasteiger partial charge in [-0.2, -0.15) is 0 Å². The van der Waals surface area contributed by atoms with Crippen LogP contribution in [0.2, 0.25) is 0 Å². The summed E-state index contributed by atoms with van der Waals surface area (Å²) in [6, 6.07) is 28.2. The van der Waals surface area contributed by atoms with E-state index in [1.807, 2.05) is 60.7 Å². The number of hydrogen-bond acceptors (Lipinski definition) is 12. The number of benzene rings is 4. The second-order valence-corrected chi connectivity index (χ2v) is 12.3. The van der Waals surface area contributed by atoms with Crippen molar-refractivity contribution in [3.8, 4) is 23.0 Å². The molecule has 0 aromatic heterocycles. The second-order valence-electron chi connectivity index (χ2n) is 12.3. The van der Waals surface area contributed by atoms with Crippen molar-refractivity contribution in [1.82, 2.24) is 0 Å². The Hall–Kier alpha value is -4.33. The maximum absolute atomic E-state index is 12.2. The Kier molecular flexibility index (Phi) is 25.6. The number of anilines is 4. The molecule has 0 radical (unpaired) electrons. The van der Waals surface area contributed by atoms with E-state index in [-0.39, 0.29) is 54.0 Å². The van der Waals surface area contributed by atoms with Crippen LogP contribution in [0, 0.1) is 0 Å². The van der Waals surface area contributed by atoms with Gasteiger partial charge in [0.2, 0.25) is 0 Å². The molecule has 0 unspecified atom stereocenters. The van der Waals surface area contributed by atoms with Gasteiger partial charge in [-0.1, -0.05) is 36.4 Å². The van der Waals surface area contributed by atoms with Crippen LogP contribution in [-0.4, -0.2) is 118 Å². The fourth-order valence-corrected chi connectivity index (χ4v) is 5.19. The Bertz CT molecular complexity index is 1660. The van der Waals surface area contributed by atoms with E-state index in [4.69, 9.17) is 47.4 Å². The molecule has 2 aliphatic rings. The molecule has 4 aromatic rings. The third-order valence-corrected chi connectivity index (χ3v) is 7.90. The van der Waals surface area contributed by atoms with Crippen LogP contribution >= 0.6 is 0 Å². The van der Waals surface area contributed by atoms with E-state index in [1.54, 1.807) is 36.4 Å². The summed E-state index contributed by atoms with van der Waals surface area (Å²) >= 11 is 0. The van der Waals surface area contributed by atoms with Crippen LogP contribution < -0.4 is 82.2 Å². The van der Waals surface area contributed by atoms with Crippen LogP contribution in [0.5, 0.6) is 23.0 Å². The molecular formula is C42H52ClN4NaO12. The molecule has 0 saturated carbocycles. The molecule has 2 heterocycles. The Morgan fingerprint density at radius 2 is 0.600 bits per heavy atom. The van der Waals surface area contributed by atoms with Gasteiger partial charge in [0.05, 0.1) is 79.3 Å². The van der Waals surface area contributed by atoms with Gasteiger partial charge in [-0.05, 0) is 48.5 Å². The van der Waals surface area contributed by atoms with Gasteiger partial charge in [0.15, 0.2) is 23.0 Å². The number of fused-ring (bicyclic) bond motifs is 2. The number of ether oxygens (including phenoxy) is 10. The van der Waals surface area contributed by atoms with Gasteiger partial charge in [-0.25, -0.2) is 9.59 Å². The predicted molar refractivity (Wildman–Crippen MR) is 218 cm³/mol. The summed E-state index contributed by atoms with van der Waals surface area (Å²) in [5.74, 6) is 2.21. The van der Waals surface area contributed by atoms with E-state index in [9.17, 15) is 9.59 Å². The molecule has 16 nitrogen and oxygen atoms in total. The first-order chi connectivity index (χ1) is 28.6. The van der Waals surface area contributed by atoms with E-state index in [1.165, 1.54) is 0 Å². The molecule has 2 aliphatic heterocycles. The minimum absolute atomic E-state index is 0. The largest absolute Gasteiger partial charge is 1.00 e. The third kappa shape index (κ3) is 20.3. The molecule has 60 heavy (non-hydrogen) atoms. The first kappa shape index (κ1) is 50.0. The number of amides is 4. The summed E-state index contributed by atoms with van der Waals surface area (Å²) in [5, 5.41) is 11.1. The molecule has 0 atom stereocenters. The van der Waals surface area contributed by atoms with Crippen molar-refractivity contribution >= 4 is 34.8 Å². The molecule has 0 bridgehead atoms. The maximum Gasteiger partial charge on any atom is 1.00 e. The average molecular weight is 863 g/mol. The molecule has 0 saturated heterocycles. The zero-order valence-electron chi connectivity index (χ0n) is 33.8. The quantitative estimate of drug-likeness (QED) is 0.207. The van der Waals surface area contributed by atoms with Crippen molar-refractivity contribution in [2.45, 2.75) is 0 Å². The van der Waals surface area contributed by atoms with E-state index in [0.717, 1.165) is 0 Å². The molecule has 4 aromatic carbocycles. The van der Waals surface area contributed by atoms with Gasteiger partial charge in [0.1, 0.15) is 26.4 Å². The molecule has 320 valence electrons. The number of urea groups is 2. The number of halogens is 1. The monoisotopic (exact) mass is 862 g/mol. The average Bonchev–Trinajstić information content (AvgIpc) is 3.24. The van der Waals surface area contributed by atoms with Gasteiger partial charge in [-0.3, -0.25) is 0 Å². The molecule has 0 spiro atoms. The fraction of sp³-hybridized carbons (Fsp3) is 0.381. The summed E-state index contributed by atoms with van der Waals surface area (Å²) < 4.78 is 55.8. The standard InChI is InChI=1S/2C21H26N2O6.ClH.Na/c2*24-21(22-17-4-2-1-3-5-17)23-18-6-7-19-20(16-18)29-15-13-27-11-9-25-8-10-26-12-14-28-19;;/h2*1-7,16H,8-15H2,(H2,22,23,24);1H;/q;;;+1/p-1. The summed E-state index contributed by atoms with van der Waals surface area (Å²) in [7, 11) is 0. The van der Waals surface area contributed by atoms with Crippen LogP contribution in [0.3, 0.4) is 0 Å². The van der Waals surface area contributed by atoms with Crippen LogP contribution in [0.4, 0.5) is 32.3 Å². The predicted octanol–water partition coefficient (Wildman–Crippen LogP) is 0.311. The fourth-order valence-electron chi connectivity index (χ4n) is 5.19. The topological polar surface area (TPSA) is 175 Å². The van der Waals surface area contributed by atoms with Crippen molar-refractivity contribution in [2.75, 3.05) is 127 Å². The van der Waals surface area contributed by atoms with E-state index >= 15 is 0 Å². The summed E-state index contributed by atoms with van der Waals surface area (Å²) in [5.41, 5.74) is 2.59. The number of hydrogen-bond donors (Lipinski definition) is 4. The van der Waals surface area contributed by atoms with Crippen LogP contribution in [0.1, 0.15) is 0 Å². The summed E-state index contributed by atoms with van der Waals surface area (Å²) in [4.78, 5) is 24.4. The van der Waals surface area contributed by atoms with Gasteiger partial charge < -0.3 is 81.0 Å². The molecular weight excluding hydrogens is 811 g/mol. The zero-order valence-corrected chi connectivity index (χ0v) is 36.6. The van der Waals surface area contributed by atoms with Crippen LogP contribution in [0.15, 0.2) is 97.1 Å². The molecule has 18 heteroatoms. The van der Waals surface area contributed by atoms with Crippen molar-refractivity contribution in [2.24, 2.45) is 0 Å². The van der Waals surface area contributed by atoms with Gasteiger partial charge >= 0.3 is 41.6 Å². The summed E-state index contributed by atoms with van der Waals surface area (Å²) in [6.07, 6.45) is 0. The first-order valence-electron chi connectivity index (χ1n) is 19.1. The number of rotatable bonds is 4. The van der Waals surface area contributed by atoms with Crippen molar-refractivity contribution in [1.29, 1.82) is 0 Å². The molecule has 0 fully saturated rings. The normalized spacial score (nSPS) is 15.6. The first-order valence-corrected chi connectivity index (χ1v) is 19.1. The number of carbonyl (C=O) groups is 2. The van der Waals surface area contributed by atoms with Crippen LogP contribution in [-0.2, 0) is 28.4 Å². The Labute approximate surface area is 378 Å². The second kappa shape index (κ2) is 30.7. The molecule has 0 aliphatic carbocycles. The van der Waals surface area contributed by atoms with E-state index < -0.39 is 0 Å². The third-order valence-electron chi connectivity index (χ3n) is 7.90. The molecule has 4 amide bonds. The molecule has 4 N–H and O–H groups in total. The van der Waals surface area contributed by atoms with Crippen molar-refractivity contribution < 1.29 is 98.9 Å². The summed E-state index contributed by atoms with van der Waals surface area (Å²) in [6.45, 7) is 7.28. The Morgan fingerprint density at radius 3 is 0.917 bits per heavy atom.